The number of allylic oxidation sites excluding steroid dienone is 3. The molecule has 1 aliphatic carbocycles. The van der Waals surface area contributed by atoms with Crippen molar-refractivity contribution in [2.45, 2.75) is 27.2 Å². The molecule has 0 saturated carbocycles. The van der Waals surface area contributed by atoms with E-state index in [1.54, 1.807) is 6.92 Å². The van der Waals surface area contributed by atoms with E-state index < -0.39 is 11.4 Å². The fourth-order valence-electron chi connectivity index (χ4n) is 1.75. The summed E-state index contributed by atoms with van der Waals surface area (Å²) in [6, 6.07) is 0. The number of carboxylic acid groups (broad SMARTS) is 1. The second kappa shape index (κ2) is 4.26. The Morgan fingerprint density at radius 3 is 2.46 bits per heavy atom. The molecule has 74 valence electrons. The minimum Gasteiger partial charge on any atom is -0.481 e. The van der Waals surface area contributed by atoms with E-state index in [4.69, 9.17) is 5.11 Å². The molecule has 1 atom stereocenters. The fraction of sp³-hybridized carbons (Fsp3) is 0.500. The van der Waals surface area contributed by atoms with Gasteiger partial charge in [0, 0.05) is 0 Å². The molecule has 1 aliphatic rings. The second-order valence-electron chi connectivity index (χ2n) is 3.78. The zero-order valence-corrected chi connectivity index (χ0v) is 10.5. The van der Waals surface area contributed by atoms with E-state index in [-0.39, 0.29) is 24.0 Å². The van der Waals surface area contributed by atoms with Crippen LogP contribution in [0.2, 0.25) is 0 Å². The quantitative estimate of drug-likeness (QED) is 0.755. The summed E-state index contributed by atoms with van der Waals surface area (Å²) < 4.78 is 0. The van der Waals surface area contributed by atoms with Crippen molar-refractivity contribution in [3.8, 4) is 0 Å². The van der Waals surface area contributed by atoms with Gasteiger partial charge in [0.2, 0.25) is 0 Å². The molecule has 0 aromatic carbocycles. The van der Waals surface area contributed by atoms with Crippen LogP contribution in [0.1, 0.15) is 27.2 Å². The molecule has 3 heteroatoms. The molecule has 0 aliphatic heterocycles. The summed E-state index contributed by atoms with van der Waals surface area (Å²) in [4.78, 5) is 10.9. The van der Waals surface area contributed by atoms with Gasteiger partial charge in [0.15, 0.2) is 0 Å². The van der Waals surface area contributed by atoms with Crippen LogP contribution in [0.25, 0.3) is 0 Å². The van der Waals surface area contributed by atoms with Crippen molar-refractivity contribution >= 4 is 29.9 Å². The van der Waals surface area contributed by atoms with Crippen molar-refractivity contribution in [2.75, 3.05) is 0 Å². The Labute approximate surface area is 95.7 Å². The number of carboxylic acids is 1. The number of halogens is 1. The number of hydrogen-bond donors (Lipinski definition) is 1. The summed E-state index contributed by atoms with van der Waals surface area (Å²) in [5.74, 6) is -0.741. The SMILES string of the molecule is CC1=CC(C)(C(=O)O)CC(C)=C1.I. The normalized spacial score (nSPS) is 27.0. The molecule has 0 bridgehead atoms. The van der Waals surface area contributed by atoms with Gasteiger partial charge in [-0.1, -0.05) is 23.3 Å². The molecular weight excluding hydrogens is 279 g/mol. The minimum absolute atomic E-state index is 0. The van der Waals surface area contributed by atoms with E-state index >= 15 is 0 Å². The molecular formula is C10H15IO2. The zero-order valence-electron chi connectivity index (χ0n) is 8.13. The van der Waals surface area contributed by atoms with Gasteiger partial charge in [-0.3, -0.25) is 4.79 Å². The van der Waals surface area contributed by atoms with Gasteiger partial charge >= 0.3 is 5.97 Å². The van der Waals surface area contributed by atoms with Crippen LogP contribution >= 0.6 is 24.0 Å². The Morgan fingerprint density at radius 1 is 1.54 bits per heavy atom. The number of aliphatic carboxylic acids is 1. The van der Waals surface area contributed by atoms with Crippen LogP contribution in [0.4, 0.5) is 0 Å². The first-order chi connectivity index (χ1) is 5.44. The lowest BCUT2D eigenvalue weighted by Crippen LogP contribution is -2.27. The lowest BCUT2D eigenvalue weighted by atomic mass is 9.78. The van der Waals surface area contributed by atoms with Crippen LogP contribution in [0.5, 0.6) is 0 Å². The van der Waals surface area contributed by atoms with Gasteiger partial charge < -0.3 is 5.11 Å². The van der Waals surface area contributed by atoms with E-state index in [0.717, 1.165) is 11.1 Å². The molecule has 1 unspecified atom stereocenters. The highest BCUT2D eigenvalue weighted by molar-refractivity contribution is 14.0. The fourth-order valence-corrected chi connectivity index (χ4v) is 1.75. The monoisotopic (exact) mass is 294 g/mol. The predicted molar refractivity (Wildman–Crippen MR) is 63.3 cm³/mol. The molecule has 0 amide bonds. The predicted octanol–water partition coefficient (Wildman–Crippen LogP) is 2.99. The zero-order chi connectivity index (χ0) is 9.35. The van der Waals surface area contributed by atoms with Crippen molar-refractivity contribution in [3.63, 3.8) is 0 Å². The molecule has 0 saturated heterocycles. The molecule has 0 spiro atoms. The molecule has 0 radical (unpaired) electrons. The first kappa shape index (κ1) is 12.7. The highest BCUT2D eigenvalue weighted by atomic mass is 127. The van der Waals surface area contributed by atoms with E-state index in [9.17, 15) is 4.79 Å². The van der Waals surface area contributed by atoms with Gasteiger partial charge in [-0.25, -0.2) is 0 Å². The van der Waals surface area contributed by atoms with E-state index in [1.165, 1.54) is 0 Å². The minimum atomic E-state index is -0.741. The average Bonchev–Trinajstić information content (AvgIpc) is 1.82. The summed E-state index contributed by atoms with van der Waals surface area (Å²) in [6.45, 7) is 5.66. The number of rotatable bonds is 1. The number of hydrogen-bond acceptors (Lipinski definition) is 1. The third kappa shape index (κ3) is 2.83. The van der Waals surface area contributed by atoms with Gasteiger partial charge in [-0.2, -0.15) is 0 Å². The van der Waals surface area contributed by atoms with Crippen LogP contribution in [-0.4, -0.2) is 11.1 Å². The van der Waals surface area contributed by atoms with Crippen molar-refractivity contribution in [2.24, 2.45) is 5.41 Å². The Bertz CT molecular complexity index is 279. The third-order valence-corrected chi connectivity index (χ3v) is 2.15. The molecule has 1 rings (SSSR count). The second-order valence-corrected chi connectivity index (χ2v) is 3.78. The summed E-state index contributed by atoms with van der Waals surface area (Å²) in [5, 5.41) is 8.96. The van der Waals surface area contributed by atoms with E-state index in [2.05, 4.69) is 0 Å². The Kier molecular flexibility index (Phi) is 4.16. The molecule has 1 N–H and O–H groups in total. The Hall–Kier alpha value is -0.320. The first-order valence-corrected chi connectivity index (χ1v) is 4.04. The molecule has 0 aromatic rings. The molecule has 0 aromatic heterocycles. The highest BCUT2D eigenvalue weighted by Gasteiger charge is 2.32. The van der Waals surface area contributed by atoms with Gasteiger partial charge in [0.1, 0.15) is 0 Å². The van der Waals surface area contributed by atoms with Crippen LogP contribution in [0.3, 0.4) is 0 Å². The maximum Gasteiger partial charge on any atom is 0.313 e. The smallest absolute Gasteiger partial charge is 0.313 e. The van der Waals surface area contributed by atoms with Crippen LogP contribution < -0.4 is 0 Å². The number of carbonyl (C=O) groups is 1. The molecule has 0 heterocycles. The topological polar surface area (TPSA) is 37.3 Å². The standard InChI is InChI=1S/C10H14O2.HI/c1-7-4-8(2)6-10(3,5-7)9(11)12;/h4-5H,6H2,1-3H3,(H,11,12);1H. The van der Waals surface area contributed by atoms with Gasteiger partial charge in [-0.05, 0) is 27.2 Å². The summed E-state index contributed by atoms with van der Waals surface area (Å²) in [6.07, 6.45) is 4.48. The van der Waals surface area contributed by atoms with Crippen LogP contribution in [0, 0.1) is 5.41 Å². The molecule has 2 nitrogen and oxygen atoms in total. The van der Waals surface area contributed by atoms with E-state index in [0.29, 0.717) is 6.42 Å². The van der Waals surface area contributed by atoms with Gasteiger partial charge in [0.25, 0.3) is 0 Å². The molecule has 13 heavy (non-hydrogen) atoms. The lowest BCUT2D eigenvalue weighted by molar-refractivity contribution is -0.145. The third-order valence-electron chi connectivity index (χ3n) is 2.15. The maximum atomic E-state index is 10.9. The van der Waals surface area contributed by atoms with Gasteiger partial charge in [-0.15, -0.1) is 24.0 Å². The van der Waals surface area contributed by atoms with Crippen molar-refractivity contribution in [1.29, 1.82) is 0 Å². The average molecular weight is 294 g/mol. The Balaban J connectivity index is 0.00000144. The summed E-state index contributed by atoms with van der Waals surface area (Å²) in [5.41, 5.74) is 1.49. The van der Waals surface area contributed by atoms with Crippen molar-refractivity contribution < 1.29 is 9.90 Å². The van der Waals surface area contributed by atoms with Crippen molar-refractivity contribution in [3.05, 3.63) is 23.3 Å². The summed E-state index contributed by atoms with van der Waals surface area (Å²) >= 11 is 0. The van der Waals surface area contributed by atoms with E-state index in [1.807, 2.05) is 26.0 Å². The van der Waals surface area contributed by atoms with Crippen molar-refractivity contribution in [1.82, 2.24) is 0 Å². The lowest BCUT2D eigenvalue weighted by Gasteiger charge is -2.25. The summed E-state index contributed by atoms with van der Waals surface area (Å²) in [7, 11) is 0. The van der Waals surface area contributed by atoms with Crippen LogP contribution in [-0.2, 0) is 4.79 Å². The van der Waals surface area contributed by atoms with Gasteiger partial charge in [0.05, 0.1) is 5.41 Å². The first-order valence-electron chi connectivity index (χ1n) is 4.04. The molecule has 0 fully saturated rings. The Morgan fingerprint density at radius 2 is 2.08 bits per heavy atom. The highest BCUT2D eigenvalue weighted by Crippen LogP contribution is 2.33. The largest absolute Gasteiger partial charge is 0.481 e. The van der Waals surface area contributed by atoms with Crippen LogP contribution in [0.15, 0.2) is 23.3 Å². The maximum absolute atomic E-state index is 10.9.